The van der Waals surface area contributed by atoms with Gasteiger partial charge in [-0.25, -0.2) is 0 Å². The van der Waals surface area contributed by atoms with Crippen molar-refractivity contribution in [2.45, 2.75) is 57.4 Å². The lowest BCUT2D eigenvalue weighted by molar-refractivity contribution is -0.137. The largest absolute Gasteiger partial charge is 0.416 e. The maximum Gasteiger partial charge on any atom is 0.416 e. The van der Waals surface area contributed by atoms with E-state index < -0.39 is 11.7 Å². The third kappa shape index (κ3) is 5.78. The van der Waals surface area contributed by atoms with Crippen LogP contribution in [-0.4, -0.2) is 47.3 Å². The second kappa shape index (κ2) is 10.2. The number of amides is 2. The molecule has 2 aromatic carbocycles. The van der Waals surface area contributed by atoms with Crippen LogP contribution in [0, 0.1) is 0 Å². The van der Waals surface area contributed by atoms with E-state index in [4.69, 9.17) is 0 Å². The first kappa shape index (κ1) is 24.3. The third-order valence-corrected chi connectivity index (χ3v) is 6.81. The number of halogens is 3. The van der Waals surface area contributed by atoms with Crippen LogP contribution < -0.4 is 5.32 Å². The SMILES string of the molecule is CC(=O)N1CCc2ccccc2C1CC(=O)NC1CCN(Cc2cccc(C(F)(F)F)c2)CC1. The molecule has 182 valence electrons. The number of carbonyl (C=O) groups excluding carboxylic acids is 2. The number of benzene rings is 2. The van der Waals surface area contributed by atoms with E-state index in [0.29, 0.717) is 31.7 Å². The molecule has 2 heterocycles. The van der Waals surface area contributed by atoms with Crippen molar-refractivity contribution >= 4 is 11.8 Å². The summed E-state index contributed by atoms with van der Waals surface area (Å²) in [5.41, 5.74) is 2.23. The summed E-state index contributed by atoms with van der Waals surface area (Å²) in [7, 11) is 0. The number of nitrogens with one attached hydrogen (secondary N) is 1. The zero-order valence-corrected chi connectivity index (χ0v) is 19.3. The van der Waals surface area contributed by atoms with Crippen molar-refractivity contribution in [3.63, 3.8) is 0 Å². The zero-order chi connectivity index (χ0) is 24.3. The Morgan fingerprint density at radius 3 is 2.47 bits per heavy atom. The van der Waals surface area contributed by atoms with E-state index in [1.807, 2.05) is 18.2 Å². The van der Waals surface area contributed by atoms with Crippen molar-refractivity contribution in [3.8, 4) is 0 Å². The van der Waals surface area contributed by atoms with Gasteiger partial charge in [0.05, 0.1) is 18.0 Å². The molecule has 0 bridgehead atoms. The number of hydrogen-bond donors (Lipinski definition) is 1. The van der Waals surface area contributed by atoms with Gasteiger partial charge in [0.15, 0.2) is 0 Å². The first-order valence-electron chi connectivity index (χ1n) is 11.7. The highest BCUT2D eigenvalue weighted by atomic mass is 19.4. The van der Waals surface area contributed by atoms with Gasteiger partial charge in [0.1, 0.15) is 0 Å². The zero-order valence-electron chi connectivity index (χ0n) is 19.3. The topological polar surface area (TPSA) is 52.7 Å². The molecule has 0 saturated carbocycles. The fraction of sp³-hybridized carbons (Fsp3) is 0.462. The number of fused-ring (bicyclic) bond motifs is 1. The minimum atomic E-state index is -4.34. The quantitative estimate of drug-likeness (QED) is 0.704. The fourth-order valence-corrected chi connectivity index (χ4v) is 5.05. The molecule has 0 aliphatic carbocycles. The van der Waals surface area contributed by atoms with Crippen molar-refractivity contribution in [1.82, 2.24) is 15.1 Å². The maximum atomic E-state index is 13.0. The number of nitrogens with zero attached hydrogens (tertiary/aromatic N) is 2. The molecule has 0 aromatic heterocycles. The Morgan fingerprint density at radius 1 is 1.03 bits per heavy atom. The summed E-state index contributed by atoms with van der Waals surface area (Å²) in [6, 6.07) is 13.2. The number of likely N-dealkylation sites (tertiary alicyclic amines) is 1. The van der Waals surface area contributed by atoms with Gasteiger partial charge >= 0.3 is 6.18 Å². The fourth-order valence-electron chi connectivity index (χ4n) is 5.05. The van der Waals surface area contributed by atoms with Crippen LogP contribution in [0.1, 0.15) is 54.5 Å². The van der Waals surface area contributed by atoms with Gasteiger partial charge in [-0.2, -0.15) is 13.2 Å². The van der Waals surface area contributed by atoms with Crippen LogP contribution in [0.15, 0.2) is 48.5 Å². The Hall–Kier alpha value is -2.87. The number of piperidine rings is 1. The maximum absolute atomic E-state index is 13.0. The lowest BCUT2D eigenvalue weighted by atomic mass is 9.90. The molecule has 1 saturated heterocycles. The Morgan fingerprint density at radius 2 is 1.76 bits per heavy atom. The minimum absolute atomic E-state index is 0.0230. The molecule has 2 aliphatic heterocycles. The standard InChI is InChI=1S/C26H30F3N3O2/c1-18(33)32-14-9-20-6-2-3-8-23(20)24(32)16-25(34)30-22-10-12-31(13-11-22)17-19-5-4-7-21(15-19)26(27,28)29/h2-8,15,22,24H,9-14,16-17H2,1H3,(H,30,34). The Bertz CT molecular complexity index is 1030. The predicted molar refractivity (Wildman–Crippen MR) is 123 cm³/mol. The molecule has 1 atom stereocenters. The highest BCUT2D eigenvalue weighted by molar-refractivity contribution is 5.80. The van der Waals surface area contributed by atoms with Crippen molar-refractivity contribution < 1.29 is 22.8 Å². The Balaban J connectivity index is 1.30. The lowest BCUT2D eigenvalue weighted by Gasteiger charge is -2.37. The summed E-state index contributed by atoms with van der Waals surface area (Å²) in [5, 5.41) is 3.12. The molecular weight excluding hydrogens is 443 g/mol. The van der Waals surface area contributed by atoms with Crippen LogP contribution in [-0.2, 0) is 28.7 Å². The summed E-state index contributed by atoms with van der Waals surface area (Å²) in [6.07, 6.45) is -1.85. The van der Waals surface area contributed by atoms with E-state index in [1.165, 1.54) is 17.7 Å². The van der Waals surface area contributed by atoms with Gasteiger partial charge in [0, 0.05) is 39.1 Å². The van der Waals surface area contributed by atoms with E-state index in [2.05, 4.69) is 16.3 Å². The van der Waals surface area contributed by atoms with Gasteiger partial charge in [0.25, 0.3) is 0 Å². The first-order chi connectivity index (χ1) is 16.2. The highest BCUT2D eigenvalue weighted by Crippen LogP contribution is 2.33. The molecule has 8 heteroatoms. The third-order valence-electron chi connectivity index (χ3n) is 6.81. The smallest absolute Gasteiger partial charge is 0.353 e. The van der Waals surface area contributed by atoms with Gasteiger partial charge in [-0.15, -0.1) is 0 Å². The van der Waals surface area contributed by atoms with Gasteiger partial charge < -0.3 is 10.2 Å². The number of carbonyl (C=O) groups is 2. The number of alkyl halides is 3. The van der Waals surface area contributed by atoms with Crippen molar-refractivity contribution in [2.75, 3.05) is 19.6 Å². The molecule has 2 amide bonds. The van der Waals surface area contributed by atoms with Crippen LogP contribution in [0.3, 0.4) is 0 Å². The van der Waals surface area contributed by atoms with Gasteiger partial charge in [-0.3, -0.25) is 14.5 Å². The van der Waals surface area contributed by atoms with Crippen LogP contribution in [0.5, 0.6) is 0 Å². The van der Waals surface area contributed by atoms with Crippen molar-refractivity contribution in [1.29, 1.82) is 0 Å². The normalized spacial score (nSPS) is 19.5. The predicted octanol–water partition coefficient (Wildman–Crippen LogP) is 4.32. The Kier molecular flexibility index (Phi) is 7.26. The molecule has 5 nitrogen and oxygen atoms in total. The molecule has 2 aliphatic rings. The lowest BCUT2D eigenvalue weighted by Crippen LogP contribution is -2.46. The van der Waals surface area contributed by atoms with Crippen molar-refractivity contribution in [3.05, 3.63) is 70.8 Å². The number of hydrogen-bond acceptors (Lipinski definition) is 3. The second-order valence-corrected chi connectivity index (χ2v) is 9.20. The van der Waals surface area contributed by atoms with Crippen LogP contribution >= 0.6 is 0 Å². The average molecular weight is 474 g/mol. The van der Waals surface area contributed by atoms with E-state index in [0.717, 1.165) is 30.9 Å². The van der Waals surface area contributed by atoms with Gasteiger partial charge in [-0.1, -0.05) is 42.5 Å². The molecule has 34 heavy (non-hydrogen) atoms. The second-order valence-electron chi connectivity index (χ2n) is 9.20. The number of rotatable bonds is 5. The molecule has 0 radical (unpaired) electrons. The van der Waals surface area contributed by atoms with E-state index in [-0.39, 0.29) is 30.3 Å². The summed E-state index contributed by atoms with van der Waals surface area (Å²) in [5.74, 6) is -0.112. The summed E-state index contributed by atoms with van der Waals surface area (Å²) in [6.45, 7) is 4.01. The molecule has 1 N–H and O–H groups in total. The molecule has 1 fully saturated rings. The van der Waals surface area contributed by atoms with Crippen LogP contribution in [0.2, 0.25) is 0 Å². The van der Waals surface area contributed by atoms with Gasteiger partial charge in [0.2, 0.25) is 11.8 Å². The molecule has 4 rings (SSSR count). The summed E-state index contributed by atoms with van der Waals surface area (Å²) >= 11 is 0. The molecule has 0 spiro atoms. The first-order valence-corrected chi connectivity index (χ1v) is 11.7. The minimum Gasteiger partial charge on any atom is -0.353 e. The molecule has 2 aromatic rings. The molecular formula is C26H30F3N3O2. The monoisotopic (exact) mass is 473 g/mol. The van der Waals surface area contributed by atoms with Crippen molar-refractivity contribution in [2.24, 2.45) is 0 Å². The highest BCUT2D eigenvalue weighted by Gasteiger charge is 2.32. The van der Waals surface area contributed by atoms with Crippen LogP contribution in [0.4, 0.5) is 13.2 Å². The van der Waals surface area contributed by atoms with E-state index in [1.54, 1.807) is 17.9 Å². The molecule has 1 unspecified atom stereocenters. The van der Waals surface area contributed by atoms with Crippen LogP contribution in [0.25, 0.3) is 0 Å². The van der Waals surface area contributed by atoms with Gasteiger partial charge in [-0.05, 0) is 42.0 Å². The summed E-state index contributed by atoms with van der Waals surface area (Å²) < 4.78 is 38.9. The summed E-state index contributed by atoms with van der Waals surface area (Å²) in [4.78, 5) is 29.0. The van der Waals surface area contributed by atoms with E-state index >= 15 is 0 Å². The average Bonchev–Trinajstić information content (AvgIpc) is 2.80. The van der Waals surface area contributed by atoms with E-state index in [9.17, 15) is 22.8 Å². The Labute approximate surface area is 197 Å².